The summed E-state index contributed by atoms with van der Waals surface area (Å²) < 4.78 is 19.2. The second-order valence-corrected chi connectivity index (χ2v) is 7.08. The molecule has 0 radical (unpaired) electrons. The molecule has 0 unspecified atom stereocenters. The van der Waals surface area contributed by atoms with Crippen LogP contribution in [0.3, 0.4) is 0 Å². The molecule has 1 aliphatic heterocycles. The summed E-state index contributed by atoms with van der Waals surface area (Å²) in [4.78, 5) is 34.6. The molecule has 0 saturated carbocycles. The molecule has 0 atom stereocenters. The standard InChI is InChI=1S/C22H19N5O5/c1-3-30-14-7-5-4-6-13(14)20-24-17(19(23)28)18-21(25-20)27(22(29)26(18)2)12-8-9-15-16(10-12)32-11-31-15/h4-10H,3,11H2,1-2H3,(H2,23,28). The average Bonchev–Trinajstić information content (AvgIpc) is 3.36. The predicted octanol–water partition coefficient (Wildman–Crippen LogP) is 2.01. The Balaban J connectivity index is 1.83. The summed E-state index contributed by atoms with van der Waals surface area (Å²) in [5.41, 5.74) is 6.72. The fraction of sp³-hybridized carbons (Fsp3) is 0.182. The van der Waals surface area contributed by atoms with Crippen molar-refractivity contribution in [3.8, 4) is 34.3 Å². The van der Waals surface area contributed by atoms with Crippen molar-refractivity contribution in [1.82, 2.24) is 19.1 Å². The molecule has 1 aliphatic rings. The molecule has 32 heavy (non-hydrogen) atoms. The Labute approximate surface area is 181 Å². The van der Waals surface area contributed by atoms with Crippen LogP contribution in [-0.4, -0.2) is 38.4 Å². The maximum Gasteiger partial charge on any atom is 0.334 e. The summed E-state index contributed by atoms with van der Waals surface area (Å²) in [7, 11) is 1.54. The van der Waals surface area contributed by atoms with Crippen LogP contribution in [0.4, 0.5) is 0 Å². The number of aryl methyl sites for hydroxylation is 1. The Bertz CT molecular complexity index is 1440. The van der Waals surface area contributed by atoms with Gasteiger partial charge in [-0.3, -0.25) is 9.36 Å². The largest absolute Gasteiger partial charge is 0.493 e. The highest BCUT2D eigenvalue weighted by atomic mass is 16.7. The predicted molar refractivity (Wildman–Crippen MR) is 115 cm³/mol. The fourth-order valence-electron chi connectivity index (χ4n) is 3.73. The second kappa shape index (κ2) is 7.41. The smallest absolute Gasteiger partial charge is 0.334 e. The molecule has 2 aromatic heterocycles. The lowest BCUT2D eigenvalue weighted by Crippen LogP contribution is -2.21. The molecule has 10 nitrogen and oxygen atoms in total. The Morgan fingerprint density at radius 3 is 2.72 bits per heavy atom. The van der Waals surface area contributed by atoms with Crippen LogP contribution in [0, 0.1) is 0 Å². The maximum absolute atomic E-state index is 13.2. The number of carbonyl (C=O) groups is 1. The molecule has 3 heterocycles. The van der Waals surface area contributed by atoms with E-state index in [-0.39, 0.29) is 29.5 Å². The van der Waals surface area contributed by atoms with E-state index in [4.69, 9.17) is 19.9 Å². The zero-order chi connectivity index (χ0) is 22.4. The summed E-state index contributed by atoms with van der Waals surface area (Å²) in [6, 6.07) is 12.3. The number of nitrogens with zero attached hydrogens (tertiary/aromatic N) is 4. The second-order valence-electron chi connectivity index (χ2n) is 7.08. The van der Waals surface area contributed by atoms with Crippen molar-refractivity contribution in [2.24, 2.45) is 12.8 Å². The highest BCUT2D eigenvalue weighted by Crippen LogP contribution is 2.35. The van der Waals surface area contributed by atoms with Gasteiger partial charge in [0.05, 0.1) is 17.9 Å². The molecule has 0 bridgehead atoms. The summed E-state index contributed by atoms with van der Waals surface area (Å²) in [5, 5.41) is 0. The molecule has 4 aromatic rings. The molecular weight excluding hydrogens is 414 g/mol. The van der Waals surface area contributed by atoms with Gasteiger partial charge in [0.1, 0.15) is 11.3 Å². The Morgan fingerprint density at radius 1 is 1.16 bits per heavy atom. The average molecular weight is 433 g/mol. The minimum Gasteiger partial charge on any atom is -0.493 e. The van der Waals surface area contributed by atoms with Crippen molar-refractivity contribution >= 4 is 17.1 Å². The van der Waals surface area contributed by atoms with Gasteiger partial charge in [-0.15, -0.1) is 0 Å². The number of fused-ring (bicyclic) bond motifs is 2. The van der Waals surface area contributed by atoms with Gasteiger partial charge in [-0.25, -0.2) is 19.3 Å². The van der Waals surface area contributed by atoms with Gasteiger partial charge in [-0.2, -0.15) is 0 Å². The van der Waals surface area contributed by atoms with Crippen LogP contribution in [0.1, 0.15) is 17.4 Å². The maximum atomic E-state index is 13.2. The number of carbonyl (C=O) groups excluding carboxylic acids is 1. The van der Waals surface area contributed by atoms with Gasteiger partial charge in [-0.05, 0) is 31.2 Å². The van der Waals surface area contributed by atoms with E-state index in [1.165, 1.54) is 16.2 Å². The highest BCUT2D eigenvalue weighted by molar-refractivity contribution is 6.02. The highest BCUT2D eigenvalue weighted by Gasteiger charge is 2.25. The van der Waals surface area contributed by atoms with Gasteiger partial charge < -0.3 is 19.9 Å². The molecule has 1 amide bonds. The molecule has 162 valence electrons. The molecular formula is C22H19N5O5. The number of rotatable bonds is 5. The third-order valence-corrected chi connectivity index (χ3v) is 5.17. The molecule has 0 spiro atoms. The number of aromatic nitrogens is 4. The van der Waals surface area contributed by atoms with Gasteiger partial charge in [-0.1, -0.05) is 12.1 Å². The number of ether oxygens (including phenoxy) is 3. The fourth-order valence-corrected chi connectivity index (χ4v) is 3.73. The lowest BCUT2D eigenvalue weighted by molar-refractivity contribution is 0.0997. The van der Waals surface area contributed by atoms with Crippen LogP contribution in [0.5, 0.6) is 17.2 Å². The minimum absolute atomic E-state index is 0.0598. The quantitative estimate of drug-likeness (QED) is 0.511. The Hall–Kier alpha value is -4.34. The van der Waals surface area contributed by atoms with E-state index in [0.717, 1.165) is 0 Å². The number of hydrogen-bond acceptors (Lipinski definition) is 7. The normalized spacial score (nSPS) is 12.3. The van der Waals surface area contributed by atoms with E-state index in [1.807, 2.05) is 19.1 Å². The van der Waals surface area contributed by atoms with Crippen molar-refractivity contribution in [2.75, 3.05) is 13.4 Å². The van der Waals surface area contributed by atoms with Crippen LogP contribution in [-0.2, 0) is 7.05 Å². The van der Waals surface area contributed by atoms with Gasteiger partial charge in [0.15, 0.2) is 28.7 Å². The molecule has 2 N–H and O–H groups in total. The number of amides is 1. The summed E-state index contributed by atoms with van der Waals surface area (Å²) in [6.07, 6.45) is 0. The zero-order valence-electron chi connectivity index (χ0n) is 17.4. The summed E-state index contributed by atoms with van der Waals surface area (Å²) in [6.45, 7) is 2.41. The first-order valence-corrected chi connectivity index (χ1v) is 9.91. The van der Waals surface area contributed by atoms with E-state index in [2.05, 4.69) is 9.97 Å². The van der Waals surface area contributed by atoms with Gasteiger partial charge in [0.2, 0.25) is 6.79 Å². The van der Waals surface area contributed by atoms with Crippen molar-refractivity contribution in [3.63, 3.8) is 0 Å². The van der Waals surface area contributed by atoms with Crippen LogP contribution in [0.15, 0.2) is 47.3 Å². The van der Waals surface area contributed by atoms with E-state index in [0.29, 0.717) is 35.1 Å². The van der Waals surface area contributed by atoms with Crippen molar-refractivity contribution < 1.29 is 19.0 Å². The molecule has 5 rings (SSSR count). The minimum atomic E-state index is -0.772. The van der Waals surface area contributed by atoms with Crippen LogP contribution < -0.4 is 25.6 Å². The van der Waals surface area contributed by atoms with E-state index >= 15 is 0 Å². The Morgan fingerprint density at radius 2 is 1.94 bits per heavy atom. The number of primary amides is 1. The lowest BCUT2D eigenvalue weighted by Gasteiger charge is -2.11. The SMILES string of the molecule is CCOc1ccccc1-c1nc(C(N)=O)c2c(n1)n(-c1ccc3c(c1)OCO3)c(=O)n2C. The molecule has 2 aromatic carbocycles. The first-order valence-electron chi connectivity index (χ1n) is 9.91. The van der Waals surface area contributed by atoms with Gasteiger partial charge in [0, 0.05) is 13.1 Å². The van der Waals surface area contributed by atoms with Crippen LogP contribution in [0.2, 0.25) is 0 Å². The number of para-hydroxylation sites is 1. The van der Waals surface area contributed by atoms with Gasteiger partial charge >= 0.3 is 5.69 Å². The monoisotopic (exact) mass is 433 g/mol. The van der Waals surface area contributed by atoms with Crippen molar-refractivity contribution in [3.05, 3.63) is 58.6 Å². The third kappa shape index (κ3) is 2.96. The van der Waals surface area contributed by atoms with E-state index in [9.17, 15) is 9.59 Å². The summed E-state index contributed by atoms with van der Waals surface area (Å²) in [5.74, 6) is 1.09. The van der Waals surface area contributed by atoms with Crippen molar-refractivity contribution in [1.29, 1.82) is 0 Å². The van der Waals surface area contributed by atoms with Crippen LogP contribution >= 0.6 is 0 Å². The van der Waals surface area contributed by atoms with Crippen LogP contribution in [0.25, 0.3) is 28.2 Å². The third-order valence-electron chi connectivity index (χ3n) is 5.17. The molecule has 0 aliphatic carbocycles. The first kappa shape index (κ1) is 19.6. The molecule has 0 saturated heterocycles. The Kier molecular flexibility index (Phi) is 4.54. The number of hydrogen-bond donors (Lipinski definition) is 1. The lowest BCUT2D eigenvalue weighted by atomic mass is 10.1. The topological polar surface area (TPSA) is 123 Å². The zero-order valence-corrected chi connectivity index (χ0v) is 17.4. The molecule has 10 heteroatoms. The van der Waals surface area contributed by atoms with E-state index in [1.54, 1.807) is 30.3 Å². The molecule has 0 fully saturated rings. The van der Waals surface area contributed by atoms with E-state index < -0.39 is 11.6 Å². The number of nitrogens with two attached hydrogens (primary N) is 1. The number of imidazole rings is 1. The van der Waals surface area contributed by atoms with Crippen molar-refractivity contribution in [2.45, 2.75) is 6.92 Å². The first-order chi connectivity index (χ1) is 15.5. The van der Waals surface area contributed by atoms with Gasteiger partial charge in [0.25, 0.3) is 5.91 Å². The summed E-state index contributed by atoms with van der Waals surface area (Å²) >= 11 is 0. The number of benzene rings is 2.